The summed E-state index contributed by atoms with van der Waals surface area (Å²) < 4.78 is 13.5. The lowest BCUT2D eigenvalue weighted by Gasteiger charge is -2.34. The van der Waals surface area contributed by atoms with Gasteiger partial charge in [0.15, 0.2) is 5.78 Å². The Bertz CT molecular complexity index is 981. The average Bonchev–Trinajstić information content (AvgIpc) is 2.68. The minimum absolute atomic E-state index is 0.0162. The number of hydrogen-bond donors (Lipinski definition) is 1. The number of aromatic nitrogens is 1. The molecule has 2 aromatic rings. The number of aliphatic imine (C=N–C) groups is 1. The number of ketones is 1. The first-order valence-electron chi connectivity index (χ1n) is 9.33. The van der Waals surface area contributed by atoms with Crippen LogP contribution < -0.4 is 5.32 Å². The zero-order valence-corrected chi connectivity index (χ0v) is 15.5. The quantitative estimate of drug-likeness (QED) is 0.877. The molecule has 1 aromatic heterocycles. The number of anilines is 1. The number of amides is 1. The normalized spacial score (nSPS) is 21.8. The van der Waals surface area contributed by atoms with Crippen molar-refractivity contribution in [1.29, 1.82) is 0 Å². The molecule has 4 rings (SSSR count). The smallest absolute Gasteiger partial charge is 0.235 e. The molecular formula is C22H20FN3O2. The second kappa shape index (κ2) is 7.46. The van der Waals surface area contributed by atoms with Crippen LogP contribution in [-0.2, 0) is 9.59 Å². The first kappa shape index (κ1) is 18.2. The van der Waals surface area contributed by atoms with Crippen LogP contribution in [0.25, 0.3) is 0 Å². The summed E-state index contributed by atoms with van der Waals surface area (Å²) >= 11 is 0. The number of nitrogens with one attached hydrogen (secondary N) is 1. The Labute approximate surface area is 162 Å². The molecule has 0 saturated heterocycles. The van der Waals surface area contributed by atoms with Gasteiger partial charge in [0.05, 0.1) is 5.92 Å². The Balaban J connectivity index is 1.78. The lowest BCUT2D eigenvalue weighted by Crippen LogP contribution is -2.39. The molecule has 28 heavy (non-hydrogen) atoms. The van der Waals surface area contributed by atoms with Crippen LogP contribution >= 0.6 is 0 Å². The van der Waals surface area contributed by atoms with Gasteiger partial charge in [0.2, 0.25) is 5.91 Å². The van der Waals surface area contributed by atoms with Crippen molar-refractivity contribution in [2.24, 2.45) is 10.9 Å². The van der Waals surface area contributed by atoms with Gasteiger partial charge in [0, 0.05) is 35.5 Å². The van der Waals surface area contributed by atoms with E-state index < -0.39 is 11.8 Å². The van der Waals surface area contributed by atoms with Gasteiger partial charge in [0.25, 0.3) is 0 Å². The average molecular weight is 377 g/mol. The SMILES string of the molecule is CC1=NC2=C(C(=O)CCC2)[C@H](c2ccc(F)cc2)C1C(=O)Nc1ccccn1. The fraction of sp³-hybridized carbons (Fsp3) is 0.273. The molecule has 1 N–H and O–H groups in total. The van der Waals surface area contributed by atoms with E-state index in [4.69, 9.17) is 0 Å². The summed E-state index contributed by atoms with van der Waals surface area (Å²) in [6.45, 7) is 1.81. The van der Waals surface area contributed by atoms with Crippen molar-refractivity contribution in [3.63, 3.8) is 0 Å². The maximum Gasteiger partial charge on any atom is 0.235 e. The molecular weight excluding hydrogens is 357 g/mol. The van der Waals surface area contributed by atoms with Crippen LogP contribution in [-0.4, -0.2) is 22.4 Å². The van der Waals surface area contributed by atoms with Crippen LogP contribution in [0.5, 0.6) is 0 Å². The standard InChI is InChI=1S/C22H20FN3O2/c1-13-19(22(28)26-18-7-2-3-12-24-18)20(14-8-10-15(23)11-9-14)21-16(25-13)5-4-6-17(21)27/h2-3,7-12,19-20H,4-6H2,1H3,(H,24,26,28)/t19?,20-/m1/s1. The number of carbonyl (C=O) groups is 2. The zero-order valence-electron chi connectivity index (χ0n) is 15.5. The van der Waals surface area contributed by atoms with E-state index in [9.17, 15) is 14.0 Å². The second-order valence-corrected chi connectivity index (χ2v) is 7.10. The van der Waals surface area contributed by atoms with Gasteiger partial charge in [-0.25, -0.2) is 9.37 Å². The number of pyridine rings is 1. The topological polar surface area (TPSA) is 71.4 Å². The Morgan fingerprint density at radius 3 is 2.64 bits per heavy atom. The Kier molecular flexibility index (Phi) is 4.86. The van der Waals surface area contributed by atoms with Crippen LogP contribution in [0.3, 0.4) is 0 Å². The molecule has 2 heterocycles. The maximum atomic E-state index is 13.5. The van der Waals surface area contributed by atoms with Crippen LogP contribution in [0.1, 0.15) is 37.7 Å². The molecule has 0 fully saturated rings. The van der Waals surface area contributed by atoms with Crippen molar-refractivity contribution in [3.05, 3.63) is 71.3 Å². The lowest BCUT2D eigenvalue weighted by atomic mass is 9.71. The molecule has 5 nitrogen and oxygen atoms in total. The summed E-state index contributed by atoms with van der Waals surface area (Å²) in [5.41, 5.74) is 2.73. The monoisotopic (exact) mass is 377 g/mol. The fourth-order valence-electron chi connectivity index (χ4n) is 4.02. The van der Waals surface area contributed by atoms with Crippen molar-refractivity contribution in [1.82, 2.24) is 4.98 Å². The van der Waals surface area contributed by atoms with E-state index in [1.165, 1.54) is 12.1 Å². The summed E-state index contributed by atoms with van der Waals surface area (Å²) in [6, 6.07) is 11.3. The van der Waals surface area contributed by atoms with Crippen LogP contribution in [0.15, 0.2) is 64.9 Å². The van der Waals surface area contributed by atoms with E-state index in [2.05, 4.69) is 15.3 Å². The number of benzene rings is 1. The minimum Gasteiger partial charge on any atom is -0.310 e. The van der Waals surface area contributed by atoms with E-state index in [1.54, 1.807) is 36.5 Å². The number of allylic oxidation sites excluding steroid dienone is 2. The molecule has 2 atom stereocenters. The van der Waals surface area contributed by atoms with Crippen molar-refractivity contribution in [2.75, 3.05) is 5.32 Å². The van der Waals surface area contributed by atoms with Gasteiger partial charge in [-0.1, -0.05) is 18.2 Å². The first-order chi connectivity index (χ1) is 13.5. The van der Waals surface area contributed by atoms with Gasteiger partial charge < -0.3 is 5.32 Å². The molecule has 2 aliphatic rings. The van der Waals surface area contributed by atoms with Crippen molar-refractivity contribution in [2.45, 2.75) is 32.1 Å². The second-order valence-electron chi connectivity index (χ2n) is 7.10. The highest BCUT2D eigenvalue weighted by atomic mass is 19.1. The van der Waals surface area contributed by atoms with E-state index in [1.807, 2.05) is 6.92 Å². The largest absolute Gasteiger partial charge is 0.310 e. The molecule has 6 heteroatoms. The zero-order chi connectivity index (χ0) is 19.7. The van der Waals surface area contributed by atoms with Gasteiger partial charge in [0.1, 0.15) is 11.6 Å². The van der Waals surface area contributed by atoms with Crippen LogP contribution in [0, 0.1) is 11.7 Å². The number of carbonyl (C=O) groups excluding carboxylic acids is 2. The summed E-state index contributed by atoms with van der Waals surface area (Å²) in [4.78, 5) is 34.7. The summed E-state index contributed by atoms with van der Waals surface area (Å²) in [5, 5.41) is 2.82. The van der Waals surface area contributed by atoms with Gasteiger partial charge >= 0.3 is 0 Å². The van der Waals surface area contributed by atoms with E-state index in [-0.39, 0.29) is 17.5 Å². The highest BCUT2D eigenvalue weighted by Gasteiger charge is 2.42. The number of halogens is 1. The van der Waals surface area contributed by atoms with Gasteiger partial charge in [-0.15, -0.1) is 0 Å². The van der Waals surface area contributed by atoms with Gasteiger partial charge in [-0.2, -0.15) is 0 Å². The molecule has 1 unspecified atom stereocenters. The minimum atomic E-state index is -0.659. The molecule has 0 spiro atoms. The van der Waals surface area contributed by atoms with E-state index >= 15 is 0 Å². The molecule has 0 bridgehead atoms. The first-order valence-corrected chi connectivity index (χ1v) is 9.33. The highest BCUT2D eigenvalue weighted by molar-refractivity contribution is 6.13. The molecule has 142 valence electrons. The van der Waals surface area contributed by atoms with Crippen molar-refractivity contribution < 1.29 is 14.0 Å². The van der Waals surface area contributed by atoms with E-state index in [0.717, 1.165) is 17.7 Å². The van der Waals surface area contributed by atoms with Gasteiger partial charge in [-0.3, -0.25) is 14.6 Å². The van der Waals surface area contributed by atoms with E-state index in [0.29, 0.717) is 29.9 Å². The third-order valence-electron chi connectivity index (χ3n) is 5.26. The summed E-state index contributed by atoms with van der Waals surface area (Å²) in [5.74, 6) is -1.32. The highest BCUT2D eigenvalue weighted by Crippen LogP contribution is 2.43. The van der Waals surface area contributed by atoms with Crippen molar-refractivity contribution >= 4 is 23.2 Å². The molecule has 0 radical (unpaired) electrons. The number of nitrogens with zero attached hydrogens (tertiary/aromatic N) is 2. The number of hydrogen-bond acceptors (Lipinski definition) is 4. The predicted molar refractivity (Wildman–Crippen MR) is 104 cm³/mol. The molecule has 1 aromatic carbocycles. The van der Waals surface area contributed by atoms with Crippen LogP contribution in [0.4, 0.5) is 10.2 Å². The summed E-state index contributed by atoms with van der Waals surface area (Å²) in [7, 11) is 0. The Morgan fingerprint density at radius 1 is 1.14 bits per heavy atom. The molecule has 0 saturated carbocycles. The fourth-order valence-corrected chi connectivity index (χ4v) is 4.02. The predicted octanol–water partition coefficient (Wildman–Crippen LogP) is 4.04. The third-order valence-corrected chi connectivity index (χ3v) is 5.26. The molecule has 1 aliphatic heterocycles. The number of Topliss-reactive ketones (excluding diaryl/α,β-unsaturated/α-hetero) is 1. The Morgan fingerprint density at radius 2 is 1.93 bits per heavy atom. The Hall–Kier alpha value is -3.15. The molecule has 1 amide bonds. The third kappa shape index (κ3) is 3.38. The maximum absolute atomic E-state index is 13.5. The molecule has 1 aliphatic carbocycles. The lowest BCUT2D eigenvalue weighted by molar-refractivity contribution is -0.119. The van der Waals surface area contributed by atoms with Crippen molar-refractivity contribution in [3.8, 4) is 0 Å². The van der Waals surface area contributed by atoms with Crippen LogP contribution in [0.2, 0.25) is 0 Å². The number of rotatable bonds is 3. The summed E-state index contributed by atoms with van der Waals surface area (Å²) in [6.07, 6.45) is 3.51. The van der Waals surface area contributed by atoms with Gasteiger partial charge in [-0.05, 0) is 49.6 Å².